The molecule has 1 rings (SSSR count). The molecule has 18 heavy (non-hydrogen) atoms. The van der Waals surface area contributed by atoms with Crippen LogP contribution in [0.3, 0.4) is 0 Å². The number of nitrogens with zero attached hydrogens (tertiary/aromatic N) is 2. The predicted molar refractivity (Wildman–Crippen MR) is 78.9 cm³/mol. The number of hydrogen-bond acceptors (Lipinski definition) is 3. The highest BCUT2D eigenvalue weighted by Gasteiger charge is 2.12. The number of rotatable bonds is 8. The fourth-order valence-corrected chi connectivity index (χ4v) is 1.98. The molecule has 0 bridgehead atoms. The monoisotopic (exact) mass is 249 g/mol. The van der Waals surface area contributed by atoms with Crippen molar-refractivity contribution in [2.75, 3.05) is 18.9 Å². The Morgan fingerprint density at radius 1 is 1.33 bits per heavy atom. The molecule has 0 aromatic carbocycles. The zero-order valence-electron chi connectivity index (χ0n) is 12.2. The summed E-state index contributed by atoms with van der Waals surface area (Å²) in [5, 5.41) is 3.05. The predicted octanol–water partition coefficient (Wildman–Crippen LogP) is 3.52. The van der Waals surface area contributed by atoms with Gasteiger partial charge in [0, 0.05) is 25.8 Å². The van der Waals surface area contributed by atoms with Crippen molar-refractivity contribution < 1.29 is 0 Å². The van der Waals surface area contributed by atoms with Crippen molar-refractivity contribution in [2.24, 2.45) is 0 Å². The average molecular weight is 249 g/mol. The molecule has 0 spiro atoms. The van der Waals surface area contributed by atoms with Crippen LogP contribution in [0.2, 0.25) is 0 Å². The lowest BCUT2D eigenvalue weighted by Gasteiger charge is -2.28. The Morgan fingerprint density at radius 2 is 2.11 bits per heavy atom. The van der Waals surface area contributed by atoms with E-state index in [1.807, 2.05) is 19.3 Å². The molecular weight excluding hydrogens is 222 g/mol. The van der Waals surface area contributed by atoms with Gasteiger partial charge >= 0.3 is 0 Å². The molecule has 3 heteroatoms. The van der Waals surface area contributed by atoms with Crippen LogP contribution in [0, 0.1) is 0 Å². The Labute approximate surface area is 112 Å². The van der Waals surface area contributed by atoms with Crippen molar-refractivity contribution >= 4 is 5.82 Å². The Kier molecular flexibility index (Phi) is 6.73. The van der Waals surface area contributed by atoms with Crippen LogP contribution in [-0.2, 0) is 6.54 Å². The van der Waals surface area contributed by atoms with Gasteiger partial charge in [-0.2, -0.15) is 0 Å². The molecule has 1 N–H and O–H groups in total. The van der Waals surface area contributed by atoms with E-state index < -0.39 is 0 Å². The van der Waals surface area contributed by atoms with Gasteiger partial charge in [0.2, 0.25) is 0 Å². The van der Waals surface area contributed by atoms with Crippen LogP contribution in [0.25, 0.3) is 0 Å². The van der Waals surface area contributed by atoms with E-state index in [1.54, 1.807) is 0 Å². The van der Waals surface area contributed by atoms with E-state index in [2.05, 4.69) is 42.0 Å². The first-order valence-electron chi connectivity index (χ1n) is 7.08. The average Bonchev–Trinajstić information content (AvgIpc) is 2.43. The third-order valence-electron chi connectivity index (χ3n) is 3.48. The summed E-state index contributed by atoms with van der Waals surface area (Å²) in [5.74, 6) is 0.933. The number of unbranched alkanes of at least 4 members (excludes halogenated alkanes) is 1. The van der Waals surface area contributed by atoms with E-state index in [1.165, 1.54) is 31.4 Å². The molecule has 3 nitrogen and oxygen atoms in total. The molecule has 1 aromatic heterocycles. The maximum Gasteiger partial charge on any atom is 0.125 e. The van der Waals surface area contributed by atoms with E-state index in [9.17, 15) is 0 Å². The topological polar surface area (TPSA) is 28.2 Å². The Bertz CT molecular complexity index is 321. The second-order valence-electron chi connectivity index (χ2n) is 4.88. The fourth-order valence-electron chi connectivity index (χ4n) is 1.98. The molecule has 1 aromatic rings. The molecule has 0 radical (unpaired) electrons. The van der Waals surface area contributed by atoms with Crippen molar-refractivity contribution in [3.8, 4) is 0 Å². The van der Waals surface area contributed by atoms with E-state index in [4.69, 9.17) is 0 Å². The molecule has 0 saturated carbocycles. The molecule has 0 saturated heterocycles. The van der Waals surface area contributed by atoms with Gasteiger partial charge in [0.15, 0.2) is 0 Å². The number of anilines is 1. The molecule has 0 aliphatic rings. The van der Waals surface area contributed by atoms with Crippen LogP contribution >= 0.6 is 0 Å². The summed E-state index contributed by atoms with van der Waals surface area (Å²) in [5.41, 5.74) is 1.30. The maximum absolute atomic E-state index is 4.38. The normalized spacial score (nSPS) is 12.7. The molecule has 0 aliphatic carbocycles. The van der Waals surface area contributed by atoms with Crippen LogP contribution < -0.4 is 5.32 Å². The fraction of sp³-hybridized carbons (Fsp3) is 0.667. The number of hydrogen-bond donors (Lipinski definition) is 1. The maximum atomic E-state index is 4.38. The SMILES string of the molecule is CCCCN(Cc1ccc(NC)nc1)C(C)CC. The van der Waals surface area contributed by atoms with Crippen molar-refractivity contribution in [2.45, 2.75) is 52.6 Å². The zero-order valence-corrected chi connectivity index (χ0v) is 12.2. The summed E-state index contributed by atoms with van der Waals surface area (Å²) in [6, 6.07) is 4.85. The lowest BCUT2D eigenvalue weighted by molar-refractivity contribution is 0.192. The van der Waals surface area contributed by atoms with Gasteiger partial charge in [0.05, 0.1) is 0 Å². The minimum Gasteiger partial charge on any atom is -0.373 e. The van der Waals surface area contributed by atoms with E-state index >= 15 is 0 Å². The first kappa shape index (κ1) is 15.0. The highest BCUT2D eigenvalue weighted by molar-refractivity contribution is 5.34. The highest BCUT2D eigenvalue weighted by Crippen LogP contribution is 2.12. The van der Waals surface area contributed by atoms with Gasteiger partial charge in [-0.15, -0.1) is 0 Å². The molecule has 1 heterocycles. The van der Waals surface area contributed by atoms with Gasteiger partial charge in [-0.3, -0.25) is 4.90 Å². The molecular formula is C15H27N3. The third-order valence-corrected chi connectivity index (χ3v) is 3.48. The van der Waals surface area contributed by atoms with Gasteiger partial charge < -0.3 is 5.32 Å². The van der Waals surface area contributed by atoms with Crippen molar-refractivity contribution in [1.82, 2.24) is 9.88 Å². The lowest BCUT2D eigenvalue weighted by atomic mass is 10.1. The Hall–Kier alpha value is -1.09. The van der Waals surface area contributed by atoms with Gasteiger partial charge in [-0.1, -0.05) is 26.3 Å². The van der Waals surface area contributed by atoms with Crippen LogP contribution in [0.1, 0.15) is 45.6 Å². The third kappa shape index (κ3) is 4.65. The number of aromatic nitrogens is 1. The van der Waals surface area contributed by atoms with Crippen LogP contribution in [0.15, 0.2) is 18.3 Å². The largest absolute Gasteiger partial charge is 0.373 e. The summed E-state index contributed by atoms with van der Waals surface area (Å²) in [6.07, 6.45) is 5.70. The highest BCUT2D eigenvalue weighted by atomic mass is 15.1. The summed E-state index contributed by atoms with van der Waals surface area (Å²) in [7, 11) is 1.90. The van der Waals surface area contributed by atoms with Crippen molar-refractivity contribution in [3.63, 3.8) is 0 Å². The molecule has 0 aliphatic heterocycles. The van der Waals surface area contributed by atoms with Crippen molar-refractivity contribution in [1.29, 1.82) is 0 Å². The summed E-state index contributed by atoms with van der Waals surface area (Å²) < 4.78 is 0. The second-order valence-corrected chi connectivity index (χ2v) is 4.88. The Morgan fingerprint density at radius 3 is 2.61 bits per heavy atom. The van der Waals surface area contributed by atoms with Crippen LogP contribution in [0.4, 0.5) is 5.82 Å². The number of nitrogens with one attached hydrogen (secondary N) is 1. The molecule has 1 unspecified atom stereocenters. The van der Waals surface area contributed by atoms with Gasteiger partial charge in [0.1, 0.15) is 5.82 Å². The smallest absolute Gasteiger partial charge is 0.125 e. The van der Waals surface area contributed by atoms with Crippen LogP contribution in [-0.4, -0.2) is 29.5 Å². The molecule has 102 valence electrons. The Balaban J connectivity index is 2.62. The summed E-state index contributed by atoms with van der Waals surface area (Å²) in [6.45, 7) is 9.00. The second kappa shape index (κ2) is 8.09. The molecule has 1 atom stereocenters. The quantitative estimate of drug-likeness (QED) is 0.764. The van der Waals surface area contributed by atoms with E-state index in [-0.39, 0.29) is 0 Å². The van der Waals surface area contributed by atoms with Crippen molar-refractivity contribution in [3.05, 3.63) is 23.9 Å². The van der Waals surface area contributed by atoms with E-state index in [0.717, 1.165) is 12.4 Å². The number of pyridine rings is 1. The van der Waals surface area contributed by atoms with E-state index in [0.29, 0.717) is 6.04 Å². The summed E-state index contributed by atoms with van der Waals surface area (Å²) in [4.78, 5) is 6.93. The van der Waals surface area contributed by atoms with Gasteiger partial charge in [-0.25, -0.2) is 4.98 Å². The standard InChI is InChI=1S/C15H27N3/c1-5-7-10-18(13(3)6-2)12-14-8-9-15(16-4)17-11-14/h8-9,11,13H,5-7,10,12H2,1-4H3,(H,16,17). The summed E-state index contributed by atoms with van der Waals surface area (Å²) >= 11 is 0. The molecule has 0 fully saturated rings. The first-order chi connectivity index (χ1) is 8.71. The van der Waals surface area contributed by atoms with Gasteiger partial charge in [-0.05, 0) is 37.9 Å². The molecule has 0 amide bonds. The first-order valence-corrected chi connectivity index (χ1v) is 7.08. The zero-order chi connectivity index (χ0) is 13.4. The van der Waals surface area contributed by atoms with Crippen LogP contribution in [0.5, 0.6) is 0 Å². The lowest BCUT2D eigenvalue weighted by Crippen LogP contribution is -2.33. The minimum atomic E-state index is 0.639. The van der Waals surface area contributed by atoms with Gasteiger partial charge in [0.25, 0.3) is 0 Å². The minimum absolute atomic E-state index is 0.639.